The van der Waals surface area contributed by atoms with Crippen molar-refractivity contribution in [2.45, 2.75) is 45.1 Å². The summed E-state index contributed by atoms with van der Waals surface area (Å²) in [4.78, 5) is 2.34. The molecule has 0 heterocycles. The monoisotopic (exact) mass is 254 g/mol. The minimum absolute atomic E-state index is 0.222. The summed E-state index contributed by atoms with van der Waals surface area (Å²) < 4.78 is 0. The SMILES string of the molecule is CCCNCC(O)CN(C)CC1CC2CCC1C2. The number of nitrogens with zero attached hydrogens (tertiary/aromatic N) is 1. The van der Waals surface area contributed by atoms with E-state index in [-0.39, 0.29) is 6.10 Å². The summed E-state index contributed by atoms with van der Waals surface area (Å²) in [6, 6.07) is 0. The summed E-state index contributed by atoms with van der Waals surface area (Å²) in [7, 11) is 2.16. The second-order valence-corrected chi connectivity index (χ2v) is 6.51. The minimum atomic E-state index is -0.222. The lowest BCUT2D eigenvalue weighted by Crippen LogP contribution is -2.39. The summed E-state index contributed by atoms with van der Waals surface area (Å²) in [5, 5.41) is 13.2. The van der Waals surface area contributed by atoms with Gasteiger partial charge in [-0.1, -0.05) is 13.3 Å². The van der Waals surface area contributed by atoms with Crippen LogP contribution in [0.3, 0.4) is 0 Å². The van der Waals surface area contributed by atoms with Crippen molar-refractivity contribution in [3.8, 4) is 0 Å². The molecule has 0 aromatic rings. The number of fused-ring (bicyclic) bond motifs is 2. The number of aliphatic hydroxyl groups is 1. The number of likely N-dealkylation sites (N-methyl/N-ethyl adjacent to an activating group) is 1. The van der Waals surface area contributed by atoms with Gasteiger partial charge in [-0.3, -0.25) is 0 Å². The highest BCUT2D eigenvalue weighted by Crippen LogP contribution is 2.48. The van der Waals surface area contributed by atoms with E-state index in [1.165, 1.54) is 32.2 Å². The fraction of sp³-hybridized carbons (Fsp3) is 1.00. The van der Waals surface area contributed by atoms with Crippen molar-refractivity contribution in [2.75, 3.05) is 33.2 Å². The van der Waals surface area contributed by atoms with Crippen LogP contribution < -0.4 is 5.32 Å². The lowest BCUT2D eigenvalue weighted by atomic mass is 9.88. The summed E-state index contributed by atoms with van der Waals surface area (Å²) in [6.07, 6.45) is 6.78. The van der Waals surface area contributed by atoms with E-state index in [0.717, 1.165) is 43.8 Å². The van der Waals surface area contributed by atoms with E-state index in [1.807, 2.05) is 0 Å². The van der Waals surface area contributed by atoms with Crippen LogP contribution in [0, 0.1) is 17.8 Å². The van der Waals surface area contributed by atoms with E-state index in [9.17, 15) is 5.11 Å². The fourth-order valence-electron chi connectivity index (χ4n) is 3.94. The number of aliphatic hydroxyl groups excluding tert-OH is 1. The Labute approximate surface area is 112 Å². The zero-order valence-corrected chi connectivity index (χ0v) is 12.1. The molecule has 2 rings (SSSR count). The second-order valence-electron chi connectivity index (χ2n) is 6.51. The van der Waals surface area contributed by atoms with Crippen LogP contribution in [0.15, 0.2) is 0 Å². The van der Waals surface area contributed by atoms with Gasteiger partial charge in [0, 0.05) is 19.6 Å². The summed E-state index contributed by atoms with van der Waals surface area (Å²) >= 11 is 0. The average Bonchev–Trinajstić information content (AvgIpc) is 2.91. The Morgan fingerprint density at radius 2 is 2.17 bits per heavy atom. The molecule has 106 valence electrons. The molecular formula is C15H30N2O. The normalized spacial score (nSPS) is 32.3. The highest BCUT2D eigenvalue weighted by molar-refractivity contribution is 4.91. The van der Waals surface area contributed by atoms with Crippen LogP contribution in [-0.4, -0.2) is 49.3 Å². The van der Waals surface area contributed by atoms with E-state index >= 15 is 0 Å². The van der Waals surface area contributed by atoms with Gasteiger partial charge in [0.25, 0.3) is 0 Å². The first kappa shape index (κ1) is 14.3. The molecule has 0 saturated heterocycles. The molecule has 3 nitrogen and oxygen atoms in total. The maximum absolute atomic E-state index is 9.95. The predicted molar refractivity (Wildman–Crippen MR) is 75.6 cm³/mol. The first-order valence-electron chi connectivity index (χ1n) is 7.76. The Morgan fingerprint density at radius 1 is 1.33 bits per heavy atom. The molecule has 2 saturated carbocycles. The smallest absolute Gasteiger partial charge is 0.0791 e. The quantitative estimate of drug-likeness (QED) is 0.647. The summed E-state index contributed by atoms with van der Waals surface area (Å²) in [6.45, 7) is 5.89. The van der Waals surface area contributed by atoms with Gasteiger partial charge in [-0.2, -0.15) is 0 Å². The van der Waals surface area contributed by atoms with Gasteiger partial charge in [0.05, 0.1) is 6.10 Å². The van der Waals surface area contributed by atoms with Gasteiger partial charge in [-0.05, 0) is 57.0 Å². The Hall–Kier alpha value is -0.120. The molecule has 2 fully saturated rings. The van der Waals surface area contributed by atoms with Crippen LogP contribution in [0.25, 0.3) is 0 Å². The lowest BCUT2D eigenvalue weighted by molar-refractivity contribution is 0.109. The zero-order valence-electron chi connectivity index (χ0n) is 12.1. The molecule has 2 aliphatic rings. The average molecular weight is 254 g/mol. The molecule has 18 heavy (non-hydrogen) atoms. The predicted octanol–water partition coefficient (Wildman–Crippen LogP) is 1.71. The third-order valence-electron chi connectivity index (χ3n) is 4.76. The van der Waals surface area contributed by atoms with Crippen molar-refractivity contribution in [3.63, 3.8) is 0 Å². The Bertz CT molecular complexity index is 247. The van der Waals surface area contributed by atoms with Gasteiger partial charge in [-0.15, -0.1) is 0 Å². The third kappa shape index (κ3) is 3.94. The van der Waals surface area contributed by atoms with E-state index < -0.39 is 0 Å². The Morgan fingerprint density at radius 3 is 2.78 bits per heavy atom. The number of hydrogen-bond acceptors (Lipinski definition) is 3. The van der Waals surface area contributed by atoms with E-state index in [4.69, 9.17) is 0 Å². The van der Waals surface area contributed by atoms with Gasteiger partial charge < -0.3 is 15.3 Å². The molecule has 4 atom stereocenters. The molecule has 0 spiro atoms. The number of nitrogens with one attached hydrogen (secondary N) is 1. The van der Waals surface area contributed by atoms with Crippen LogP contribution in [0.1, 0.15) is 39.0 Å². The van der Waals surface area contributed by atoms with Crippen molar-refractivity contribution >= 4 is 0 Å². The van der Waals surface area contributed by atoms with Crippen LogP contribution in [0.5, 0.6) is 0 Å². The van der Waals surface area contributed by atoms with Gasteiger partial charge >= 0.3 is 0 Å². The van der Waals surface area contributed by atoms with Gasteiger partial charge in [-0.25, -0.2) is 0 Å². The van der Waals surface area contributed by atoms with Crippen molar-refractivity contribution in [3.05, 3.63) is 0 Å². The van der Waals surface area contributed by atoms with Crippen LogP contribution in [-0.2, 0) is 0 Å². The van der Waals surface area contributed by atoms with Gasteiger partial charge in [0.15, 0.2) is 0 Å². The first-order chi connectivity index (χ1) is 8.69. The fourth-order valence-corrected chi connectivity index (χ4v) is 3.94. The molecule has 2 N–H and O–H groups in total. The minimum Gasteiger partial charge on any atom is -0.390 e. The van der Waals surface area contributed by atoms with Crippen molar-refractivity contribution in [1.82, 2.24) is 10.2 Å². The van der Waals surface area contributed by atoms with Gasteiger partial charge in [0.2, 0.25) is 0 Å². The Kier molecular flexibility index (Phi) is 5.46. The molecule has 4 unspecified atom stereocenters. The molecule has 2 aliphatic carbocycles. The van der Waals surface area contributed by atoms with Crippen molar-refractivity contribution in [1.29, 1.82) is 0 Å². The molecule has 2 bridgehead atoms. The summed E-state index contributed by atoms with van der Waals surface area (Å²) in [5.74, 6) is 2.93. The summed E-state index contributed by atoms with van der Waals surface area (Å²) in [5.41, 5.74) is 0. The molecule has 0 aromatic heterocycles. The maximum atomic E-state index is 9.95. The van der Waals surface area contributed by atoms with Crippen LogP contribution in [0.4, 0.5) is 0 Å². The highest BCUT2D eigenvalue weighted by Gasteiger charge is 2.39. The van der Waals surface area contributed by atoms with Crippen molar-refractivity contribution < 1.29 is 5.11 Å². The molecule has 0 aromatic carbocycles. The highest BCUT2D eigenvalue weighted by atomic mass is 16.3. The van der Waals surface area contributed by atoms with Crippen LogP contribution in [0.2, 0.25) is 0 Å². The zero-order chi connectivity index (χ0) is 13.0. The van der Waals surface area contributed by atoms with E-state index in [0.29, 0.717) is 0 Å². The van der Waals surface area contributed by atoms with E-state index in [2.05, 4.69) is 24.2 Å². The van der Waals surface area contributed by atoms with Gasteiger partial charge in [0.1, 0.15) is 0 Å². The van der Waals surface area contributed by atoms with E-state index in [1.54, 1.807) is 0 Å². The molecule has 0 aliphatic heterocycles. The molecular weight excluding hydrogens is 224 g/mol. The number of rotatable bonds is 8. The topological polar surface area (TPSA) is 35.5 Å². The number of hydrogen-bond donors (Lipinski definition) is 2. The molecule has 0 radical (unpaired) electrons. The maximum Gasteiger partial charge on any atom is 0.0791 e. The largest absolute Gasteiger partial charge is 0.390 e. The standard InChI is InChI=1S/C15H30N2O/c1-3-6-16-9-15(18)11-17(2)10-14-8-12-4-5-13(14)7-12/h12-16,18H,3-11H2,1-2H3. The van der Waals surface area contributed by atoms with Crippen LogP contribution >= 0.6 is 0 Å². The molecule has 3 heteroatoms. The Balaban J connectivity index is 1.61. The van der Waals surface area contributed by atoms with Crippen molar-refractivity contribution in [2.24, 2.45) is 17.8 Å². The molecule has 0 amide bonds. The lowest BCUT2D eigenvalue weighted by Gasteiger charge is -2.28. The second kappa shape index (κ2) is 6.88. The third-order valence-corrected chi connectivity index (χ3v) is 4.76. The first-order valence-corrected chi connectivity index (χ1v) is 7.76.